The Morgan fingerprint density at radius 1 is 1.27 bits per heavy atom. The largest absolute Gasteiger partial charge is 0.392 e. The highest BCUT2D eigenvalue weighted by Crippen LogP contribution is 2.53. The van der Waals surface area contributed by atoms with E-state index >= 15 is 0 Å². The van der Waals surface area contributed by atoms with Gasteiger partial charge in [-0.3, -0.25) is 0 Å². The second-order valence-electron chi connectivity index (χ2n) is 4.88. The molecule has 0 aromatic heterocycles. The molecule has 11 heavy (non-hydrogen) atoms. The van der Waals surface area contributed by atoms with Gasteiger partial charge in [0.15, 0.2) is 0 Å². The van der Waals surface area contributed by atoms with Crippen molar-refractivity contribution >= 4 is 0 Å². The molecular weight excluding hydrogens is 136 g/mol. The summed E-state index contributed by atoms with van der Waals surface area (Å²) in [7, 11) is 0. The molecule has 0 bridgehead atoms. The third kappa shape index (κ3) is 1.10. The summed E-state index contributed by atoms with van der Waals surface area (Å²) >= 11 is 0. The van der Waals surface area contributed by atoms with E-state index in [0.717, 1.165) is 0 Å². The van der Waals surface area contributed by atoms with E-state index in [1.54, 1.807) is 0 Å². The van der Waals surface area contributed by atoms with Gasteiger partial charge >= 0.3 is 0 Å². The fourth-order valence-corrected chi connectivity index (χ4v) is 2.36. The maximum atomic E-state index is 9.78. The summed E-state index contributed by atoms with van der Waals surface area (Å²) in [6.45, 7) is 10.9. The van der Waals surface area contributed by atoms with Crippen molar-refractivity contribution in [3.8, 4) is 0 Å². The summed E-state index contributed by atoms with van der Waals surface area (Å²) in [6, 6.07) is 0. The Bertz CT molecular complexity index is 137. The van der Waals surface area contributed by atoms with Crippen molar-refractivity contribution in [1.82, 2.24) is 0 Å². The average Bonchev–Trinajstić information content (AvgIpc) is 1.87. The summed E-state index contributed by atoms with van der Waals surface area (Å²) in [5.74, 6) is 1.80. The smallest absolute Gasteiger partial charge is 0.0627 e. The molecule has 1 heteroatoms. The minimum Gasteiger partial charge on any atom is -0.392 e. The van der Waals surface area contributed by atoms with Crippen molar-refractivity contribution in [3.05, 3.63) is 0 Å². The lowest BCUT2D eigenvalue weighted by Crippen LogP contribution is -2.58. The fourth-order valence-electron chi connectivity index (χ4n) is 2.36. The lowest BCUT2D eigenvalue weighted by molar-refractivity contribution is -0.168. The molecule has 0 heterocycles. The second-order valence-corrected chi connectivity index (χ2v) is 4.88. The van der Waals surface area contributed by atoms with Gasteiger partial charge in [0, 0.05) is 0 Å². The van der Waals surface area contributed by atoms with Crippen LogP contribution in [0.1, 0.15) is 34.6 Å². The van der Waals surface area contributed by atoms with Crippen LogP contribution in [0, 0.1) is 23.2 Å². The van der Waals surface area contributed by atoms with E-state index in [0.29, 0.717) is 17.8 Å². The molecule has 3 unspecified atom stereocenters. The Labute approximate surface area is 69.8 Å². The molecule has 0 aromatic rings. The molecule has 66 valence electrons. The minimum absolute atomic E-state index is 0.0856. The first-order valence-electron chi connectivity index (χ1n) is 4.57. The van der Waals surface area contributed by atoms with E-state index in [-0.39, 0.29) is 11.5 Å². The standard InChI is InChI=1S/C10H20O/c1-6(2)8-7(3)10(4,5)9(8)11/h6-9,11H,1-5H3. The van der Waals surface area contributed by atoms with Crippen LogP contribution in [0.4, 0.5) is 0 Å². The summed E-state index contributed by atoms with van der Waals surface area (Å²) in [5.41, 5.74) is 0.148. The van der Waals surface area contributed by atoms with Gasteiger partial charge in [-0.05, 0) is 23.2 Å². The van der Waals surface area contributed by atoms with Gasteiger partial charge in [-0.15, -0.1) is 0 Å². The molecule has 0 aliphatic heterocycles. The first-order chi connectivity index (χ1) is 4.89. The number of aliphatic hydroxyl groups is 1. The van der Waals surface area contributed by atoms with Crippen molar-refractivity contribution in [2.24, 2.45) is 23.2 Å². The van der Waals surface area contributed by atoms with Crippen LogP contribution in [0.25, 0.3) is 0 Å². The molecule has 1 nitrogen and oxygen atoms in total. The Morgan fingerprint density at radius 2 is 1.73 bits per heavy atom. The number of aliphatic hydroxyl groups excluding tert-OH is 1. The molecule has 1 saturated carbocycles. The predicted octanol–water partition coefficient (Wildman–Crippen LogP) is 2.30. The predicted molar refractivity (Wildman–Crippen MR) is 47.3 cm³/mol. The lowest BCUT2D eigenvalue weighted by atomic mass is 9.51. The molecule has 1 aliphatic carbocycles. The monoisotopic (exact) mass is 156 g/mol. The van der Waals surface area contributed by atoms with Crippen LogP contribution < -0.4 is 0 Å². The van der Waals surface area contributed by atoms with Crippen molar-refractivity contribution in [2.45, 2.75) is 40.7 Å². The Morgan fingerprint density at radius 3 is 1.91 bits per heavy atom. The molecule has 0 aromatic carbocycles. The van der Waals surface area contributed by atoms with E-state index in [1.807, 2.05) is 0 Å². The van der Waals surface area contributed by atoms with Crippen molar-refractivity contribution in [2.75, 3.05) is 0 Å². The SMILES string of the molecule is CC(C)C1C(C)C(C)(C)C1O. The average molecular weight is 156 g/mol. The molecule has 0 spiro atoms. The number of rotatable bonds is 1. The summed E-state index contributed by atoms with van der Waals surface area (Å²) in [4.78, 5) is 0. The quantitative estimate of drug-likeness (QED) is 0.617. The zero-order valence-corrected chi connectivity index (χ0v) is 8.26. The molecule has 3 atom stereocenters. The van der Waals surface area contributed by atoms with Crippen LogP contribution in [-0.2, 0) is 0 Å². The van der Waals surface area contributed by atoms with Crippen molar-refractivity contribution in [3.63, 3.8) is 0 Å². The molecule has 1 N–H and O–H groups in total. The van der Waals surface area contributed by atoms with Crippen molar-refractivity contribution in [1.29, 1.82) is 0 Å². The maximum Gasteiger partial charge on any atom is 0.0627 e. The van der Waals surface area contributed by atoms with Gasteiger partial charge in [0.05, 0.1) is 6.10 Å². The van der Waals surface area contributed by atoms with Gasteiger partial charge in [0.1, 0.15) is 0 Å². The van der Waals surface area contributed by atoms with E-state index in [9.17, 15) is 5.11 Å². The van der Waals surface area contributed by atoms with Crippen LogP contribution in [0.5, 0.6) is 0 Å². The minimum atomic E-state index is -0.0856. The molecule has 0 saturated heterocycles. The van der Waals surface area contributed by atoms with Crippen LogP contribution in [0.3, 0.4) is 0 Å². The second kappa shape index (κ2) is 2.48. The van der Waals surface area contributed by atoms with Gasteiger partial charge in [-0.25, -0.2) is 0 Å². The Kier molecular flexibility index (Phi) is 2.04. The van der Waals surface area contributed by atoms with Gasteiger partial charge in [0.25, 0.3) is 0 Å². The summed E-state index contributed by atoms with van der Waals surface area (Å²) in [5, 5.41) is 9.78. The fraction of sp³-hybridized carbons (Fsp3) is 1.00. The first kappa shape index (κ1) is 9.05. The first-order valence-corrected chi connectivity index (χ1v) is 4.57. The Balaban J connectivity index is 2.64. The van der Waals surface area contributed by atoms with Gasteiger partial charge < -0.3 is 5.11 Å². The molecule has 0 radical (unpaired) electrons. The summed E-state index contributed by atoms with van der Waals surface area (Å²) in [6.07, 6.45) is -0.0856. The highest BCUT2D eigenvalue weighted by atomic mass is 16.3. The highest BCUT2D eigenvalue weighted by Gasteiger charge is 2.53. The number of hydrogen-bond acceptors (Lipinski definition) is 1. The van der Waals surface area contributed by atoms with Crippen LogP contribution >= 0.6 is 0 Å². The molecule has 1 fully saturated rings. The molecule has 1 aliphatic rings. The van der Waals surface area contributed by atoms with E-state index in [4.69, 9.17) is 0 Å². The molecule has 1 rings (SSSR count). The molecule has 0 amide bonds. The zero-order valence-electron chi connectivity index (χ0n) is 8.26. The summed E-state index contributed by atoms with van der Waals surface area (Å²) < 4.78 is 0. The molecular formula is C10H20O. The van der Waals surface area contributed by atoms with Crippen molar-refractivity contribution < 1.29 is 5.11 Å². The third-order valence-electron chi connectivity index (χ3n) is 3.65. The zero-order chi connectivity index (χ0) is 8.81. The van der Waals surface area contributed by atoms with Gasteiger partial charge in [-0.1, -0.05) is 34.6 Å². The van der Waals surface area contributed by atoms with Gasteiger partial charge in [-0.2, -0.15) is 0 Å². The topological polar surface area (TPSA) is 20.2 Å². The van der Waals surface area contributed by atoms with E-state index < -0.39 is 0 Å². The Hall–Kier alpha value is -0.0400. The van der Waals surface area contributed by atoms with Crippen LogP contribution in [0.2, 0.25) is 0 Å². The normalized spacial score (nSPS) is 42.3. The van der Waals surface area contributed by atoms with Crippen LogP contribution in [-0.4, -0.2) is 11.2 Å². The van der Waals surface area contributed by atoms with Crippen LogP contribution in [0.15, 0.2) is 0 Å². The lowest BCUT2D eigenvalue weighted by Gasteiger charge is -2.56. The third-order valence-corrected chi connectivity index (χ3v) is 3.65. The number of hydrogen-bond donors (Lipinski definition) is 1. The van der Waals surface area contributed by atoms with E-state index in [2.05, 4.69) is 34.6 Å². The highest BCUT2D eigenvalue weighted by molar-refractivity contribution is 5.02. The van der Waals surface area contributed by atoms with Gasteiger partial charge in [0.2, 0.25) is 0 Å². The maximum absolute atomic E-state index is 9.78. The van der Waals surface area contributed by atoms with E-state index in [1.165, 1.54) is 0 Å².